The van der Waals surface area contributed by atoms with Gasteiger partial charge in [0.1, 0.15) is 16.9 Å². The number of para-hydroxylation sites is 6. The predicted octanol–water partition coefficient (Wildman–Crippen LogP) is 7.15. The third-order valence-corrected chi connectivity index (χ3v) is 13.7. The number of hydrogen-bond donors (Lipinski definition) is 0. The van der Waals surface area contributed by atoms with Crippen LogP contribution in [0.15, 0.2) is 154 Å². The van der Waals surface area contributed by atoms with Crippen LogP contribution < -0.4 is 15.6 Å². The van der Waals surface area contributed by atoms with Crippen molar-refractivity contribution in [1.29, 1.82) is 0 Å². The molecule has 4 heterocycles. The van der Waals surface area contributed by atoms with Crippen LogP contribution in [0, 0.1) is 0 Å². The lowest BCUT2D eigenvalue weighted by atomic mass is 10.2. The van der Waals surface area contributed by atoms with Gasteiger partial charge in [0.25, 0.3) is 8.24 Å². The van der Waals surface area contributed by atoms with Crippen molar-refractivity contribution in [3.63, 3.8) is 0 Å². The van der Waals surface area contributed by atoms with Gasteiger partial charge >= 0.3 is 0 Å². The number of oxazole rings is 2. The Morgan fingerprint density at radius 1 is 0.478 bits per heavy atom. The van der Waals surface area contributed by atoms with E-state index >= 15 is 0 Å². The molecule has 0 atom stereocenters. The van der Waals surface area contributed by atoms with Crippen molar-refractivity contribution in [3.8, 4) is 34.3 Å². The van der Waals surface area contributed by atoms with Gasteiger partial charge in [0.05, 0.1) is 11.0 Å². The van der Waals surface area contributed by atoms with Gasteiger partial charge < -0.3 is 13.1 Å². The maximum atomic E-state index is 6.27. The lowest BCUT2D eigenvalue weighted by Crippen LogP contribution is -2.70. The average Bonchev–Trinajstić information content (AvgIpc) is 3.89. The quantitative estimate of drug-likeness (QED) is 0.199. The van der Waals surface area contributed by atoms with Crippen LogP contribution in [0.1, 0.15) is 0 Å². The third-order valence-electron chi connectivity index (χ3n) is 9.10. The third kappa shape index (κ3) is 3.48. The molecule has 3 aromatic heterocycles. The molecule has 6 nitrogen and oxygen atoms in total. The number of benzene rings is 6. The maximum Gasteiger partial charge on any atom is 0.259 e. The summed E-state index contributed by atoms with van der Waals surface area (Å²) >= 11 is 0. The fourth-order valence-electron chi connectivity index (χ4n) is 7.14. The highest BCUT2D eigenvalue weighted by atomic mass is 28.3. The molecule has 0 amide bonds. The second kappa shape index (κ2) is 9.47. The molecule has 0 fully saturated rings. The van der Waals surface area contributed by atoms with E-state index in [9.17, 15) is 0 Å². The minimum absolute atomic E-state index is 0.606. The molecule has 0 spiro atoms. The molecule has 0 radical (unpaired) electrons. The second-order valence-corrected chi connectivity index (χ2v) is 15.2. The smallest absolute Gasteiger partial charge is 0.259 e. The molecule has 6 aromatic carbocycles. The Hall–Kier alpha value is -6.05. The lowest BCUT2D eigenvalue weighted by molar-refractivity contribution is 0.619. The first-order chi connectivity index (χ1) is 22.8. The zero-order valence-corrected chi connectivity index (χ0v) is 25.5. The molecule has 0 unspecified atom stereocenters. The highest BCUT2D eigenvalue weighted by Gasteiger charge is 2.51. The fraction of sp³-hybridized carbons (Fsp3) is 0. The van der Waals surface area contributed by atoms with Crippen molar-refractivity contribution in [2.75, 3.05) is 0 Å². The van der Waals surface area contributed by atoms with Gasteiger partial charge in [-0.15, -0.1) is 0 Å². The fourth-order valence-corrected chi connectivity index (χ4v) is 12.2. The molecule has 0 saturated carbocycles. The molecular formula is C39H24N4O2Si. The second-order valence-electron chi connectivity index (χ2n) is 11.7. The first-order valence-electron chi connectivity index (χ1n) is 15.3. The van der Waals surface area contributed by atoms with Crippen molar-refractivity contribution in [3.05, 3.63) is 146 Å². The molecule has 0 N–H and O–H groups in total. The predicted molar refractivity (Wildman–Crippen MR) is 184 cm³/mol. The van der Waals surface area contributed by atoms with Crippen LogP contribution in [-0.2, 0) is 0 Å². The van der Waals surface area contributed by atoms with E-state index in [-0.39, 0.29) is 0 Å². The summed E-state index contributed by atoms with van der Waals surface area (Å²) in [6.07, 6.45) is 0. The Morgan fingerprint density at radius 2 is 1.02 bits per heavy atom. The summed E-state index contributed by atoms with van der Waals surface area (Å²) in [7, 11) is -3.03. The van der Waals surface area contributed by atoms with Crippen LogP contribution in [0.4, 0.5) is 0 Å². The largest absolute Gasteiger partial charge is 0.436 e. The molecule has 0 aliphatic carbocycles. The molecule has 0 saturated heterocycles. The van der Waals surface area contributed by atoms with Crippen LogP contribution in [0.2, 0.25) is 0 Å². The summed E-state index contributed by atoms with van der Waals surface area (Å²) in [6.45, 7) is 0. The number of nitrogens with zero attached hydrogens (tertiary/aromatic N) is 4. The SMILES string of the molecule is c1cc(-c2nc3ccccc3o2)cc([Si]2(c3cccc(-c4nc5ccccc5o4)c3)c3ccccc3-c3nc4ccccc4n32)c1. The first-order valence-corrected chi connectivity index (χ1v) is 17.2. The van der Waals surface area contributed by atoms with Crippen molar-refractivity contribution in [1.82, 2.24) is 19.2 Å². The van der Waals surface area contributed by atoms with Crippen LogP contribution in [0.5, 0.6) is 0 Å². The van der Waals surface area contributed by atoms with Crippen LogP contribution in [-0.4, -0.2) is 27.4 Å². The minimum atomic E-state index is -3.03. The Morgan fingerprint density at radius 3 is 1.65 bits per heavy atom. The van der Waals surface area contributed by atoms with E-state index in [2.05, 4.69) is 101 Å². The van der Waals surface area contributed by atoms with E-state index in [0.29, 0.717) is 11.8 Å². The highest BCUT2D eigenvalue weighted by molar-refractivity contribution is 7.12. The van der Waals surface area contributed by atoms with E-state index in [0.717, 1.165) is 55.7 Å². The van der Waals surface area contributed by atoms with E-state index in [1.54, 1.807) is 0 Å². The summed E-state index contributed by atoms with van der Waals surface area (Å²) < 4.78 is 15.1. The lowest BCUT2D eigenvalue weighted by Gasteiger charge is -2.32. The van der Waals surface area contributed by atoms with Gasteiger partial charge in [-0.3, -0.25) is 0 Å². The standard InChI is InChI=1S/C39H24N4O2Si/c1-8-22-36-29(15-1)37-40-30-16-2-5-19-33(30)43(37)46(36,27-13-9-11-25(23-27)38-41-31-17-3-6-20-34(31)44-38)28-14-10-12-26(24-28)39-42-32-18-4-7-21-35(32)45-39/h1-24H. The van der Waals surface area contributed by atoms with Gasteiger partial charge in [-0.2, -0.15) is 0 Å². The summed E-state index contributed by atoms with van der Waals surface area (Å²) in [5, 5.41) is 3.69. The van der Waals surface area contributed by atoms with E-state index in [1.165, 1.54) is 15.6 Å². The van der Waals surface area contributed by atoms with Gasteiger partial charge in [-0.05, 0) is 76.2 Å². The molecule has 1 aliphatic heterocycles. The summed E-state index contributed by atoms with van der Waals surface area (Å²) in [5.41, 5.74) is 8.35. The van der Waals surface area contributed by atoms with Crippen molar-refractivity contribution in [2.24, 2.45) is 0 Å². The Labute approximate surface area is 264 Å². The van der Waals surface area contributed by atoms with Crippen LogP contribution in [0.3, 0.4) is 0 Å². The number of fused-ring (bicyclic) bond motifs is 7. The van der Waals surface area contributed by atoms with E-state index in [4.69, 9.17) is 23.8 Å². The maximum absolute atomic E-state index is 6.27. The number of hydrogen-bond acceptors (Lipinski definition) is 5. The van der Waals surface area contributed by atoms with Gasteiger partial charge in [-0.25, -0.2) is 15.0 Å². The first kappa shape index (κ1) is 25.3. The monoisotopic (exact) mass is 608 g/mol. The number of aromatic nitrogens is 4. The molecule has 1 aliphatic rings. The minimum Gasteiger partial charge on any atom is -0.436 e. The summed E-state index contributed by atoms with van der Waals surface area (Å²) in [5.74, 6) is 2.20. The van der Waals surface area contributed by atoms with Gasteiger partial charge in [0.15, 0.2) is 11.2 Å². The zero-order chi connectivity index (χ0) is 30.2. The van der Waals surface area contributed by atoms with Gasteiger partial charge in [0, 0.05) is 16.7 Å². The van der Waals surface area contributed by atoms with E-state index < -0.39 is 8.24 Å². The van der Waals surface area contributed by atoms with Gasteiger partial charge in [0.2, 0.25) is 11.8 Å². The number of rotatable bonds is 4. The Balaban J connectivity index is 1.29. The van der Waals surface area contributed by atoms with Gasteiger partial charge in [-0.1, -0.05) is 84.9 Å². The number of imidazole rings is 1. The molecule has 46 heavy (non-hydrogen) atoms. The van der Waals surface area contributed by atoms with Crippen LogP contribution >= 0.6 is 0 Å². The highest BCUT2D eigenvalue weighted by Crippen LogP contribution is 2.36. The topological polar surface area (TPSA) is 69.9 Å². The normalized spacial score (nSPS) is 13.4. The molecule has 0 bridgehead atoms. The zero-order valence-electron chi connectivity index (χ0n) is 24.5. The Kier molecular flexibility index (Phi) is 5.21. The Bertz CT molecular complexity index is 2450. The van der Waals surface area contributed by atoms with E-state index in [1.807, 2.05) is 48.5 Å². The summed E-state index contributed by atoms with van der Waals surface area (Å²) in [4.78, 5) is 15.0. The molecule has 10 rings (SSSR count). The van der Waals surface area contributed by atoms with Crippen molar-refractivity contribution in [2.45, 2.75) is 0 Å². The molecular weight excluding hydrogens is 585 g/mol. The molecule has 9 aromatic rings. The summed E-state index contributed by atoms with van der Waals surface area (Å²) in [6, 6.07) is 50.4. The molecule has 216 valence electrons. The van der Waals surface area contributed by atoms with Crippen LogP contribution in [0.25, 0.3) is 67.5 Å². The van der Waals surface area contributed by atoms with Crippen molar-refractivity contribution < 1.29 is 8.83 Å². The average molecular weight is 609 g/mol. The van der Waals surface area contributed by atoms with Crippen molar-refractivity contribution >= 4 is 57.0 Å². The molecule has 7 heteroatoms.